The number of ether oxygens (including phenoxy) is 1. The molecule has 1 aromatic rings. The van der Waals surface area contributed by atoms with Gasteiger partial charge in [0.05, 0.1) is 23.0 Å². The maximum absolute atomic E-state index is 12.7. The first-order valence-electron chi connectivity index (χ1n) is 9.66. The molecule has 0 amide bonds. The average Bonchev–Trinajstić information content (AvgIpc) is 2.67. The minimum absolute atomic E-state index is 0.0924. The Morgan fingerprint density at radius 1 is 1.07 bits per heavy atom. The predicted octanol–water partition coefficient (Wildman–Crippen LogP) is 3.13. The number of hydrogen-bond acceptors (Lipinski definition) is 7. The number of morpholine rings is 1. The highest BCUT2D eigenvalue weighted by molar-refractivity contribution is 7.89. The van der Waals surface area contributed by atoms with E-state index in [0.717, 1.165) is 37.5 Å². The van der Waals surface area contributed by atoms with Crippen LogP contribution < -0.4 is 5.43 Å². The van der Waals surface area contributed by atoms with E-state index in [2.05, 4.69) is 10.5 Å². The molecule has 154 valence electrons. The summed E-state index contributed by atoms with van der Waals surface area (Å²) >= 11 is 0. The van der Waals surface area contributed by atoms with E-state index in [1.807, 2.05) is 0 Å². The molecule has 9 nitrogen and oxygen atoms in total. The molecule has 1 saturated heterocycles. The van der Waals surface area contributed by atoms with Crippen LogP contribution in [-0.2, 0) is 14.8 Å². The quantitative estimate of drug-likeness (QED) is 0.589. The summed E-state index contributed by atoms with van der Waals surface area (Å²) in [6.45, 7) is 1.12. The van der Waals surface area contributed by atoms with Crippen LogP contribution in [0.5, 0.6) is 0 Å². The van der Waals surface area contributed by atoms with Crippen LogP contribution in [-0.4, -0.2) is 49.7 Å². The monoisotopic (exact) mass is 410 g/mol. The van der Waals surface area contributed by atoms with Crippen molar-refractivity contribution >= 4 is 27.1 Å². The van der Waals surface area contributed by atoms with Gasteiger partial charge in [0.25, 0.3) is 5.69 Å². The second kappa shape index (κ2) is 9.44. The molecule has 0 unspecified atom stereocenters. The standard InChI is InChI=1S/C18H26N4O5S/c23-22(24)18-14-16(28(25,26)21-10-12-27-13-11-21)8-9-17(18)20-19-15-6-4-2-1-3-5-7-15/h8-9,14,20H,1-7,10-13H2. The summed E-state index contributed by atoms with van der Waals surface area (Å²) in [5.74, 6) is 0. The number of nitro benzene ring substituents is 1. The Labute approximate surface area is 165 Å². The van der Waals surface area contributed by atoms with Gasteiger partial charge in [-0.15, -0.1) is 0 Å². The number of sulfonamides is 1. The molecule has 3 rings (SSSR count). The van der Waals surface area contributed by atoms with E-state index in [-0.39, 0.29) is 29.4 Å². The van der Waals surface area contributed by atoms with Gasteiger partial charge < -0.3 is 4.74 Å². The number of nitro groups is 1. The zero-order valence-electron chi connectivity index (χ0n) is 15.8. The lowest BCUT2D eigenvalue weighted by molar-refractivity contribution is -0.384. The Morgan fingerprint density at radius 3 is 2.36 bits per heavy atom. The third-order valence-electron chi connectivity index (χ3n) is 5.04. The predicted molar refractivity (Wildman–Crippen MR) is 106 cm³/mol. The SMILES string of the molecule is O=[N+]([O-])c1cc(S(=O)(=O)N2CCOCC2)ccc1NN=C1CCCCCCC1. The summed E-state index contributed by atoms with van der Waals surface area (Å²) in [7, 11) is -3.79. The maximum atomic E-state index is 12.7. The van der Waals surface area contributed by atoms with Crippen molar-refractivity contribution in [3.05, 3.63) is 28.3 Å². The largest absolute Gasteiger partial charge is 0.379 e. The van der Waals surface area contributed by atoms with Crippen molar-refractivity contribution in [2.75, 3.05) is 31.7 Å². The summed E-state index contributed by atoms with van der Waals surface area (Å²) in [6.07, 6.45) is 7.49. The van der Waals surface area contributed by atoms with E-state index < -0.39 is 14.9 Å². The number of anilines is 1. The summed E-state index contributed by atoms with van der Waals surface area (Å²) in [6, 6.07) is 3.91. The second-order valence-electron chi connectivity index (χ2n) is 7.01. The van der Waals surface area contributed by atoms with E-state index in [0.29, 0.717) is 13.2 Å². The lowest BCUT2D eigenvalue weighted by Crippen LogP contribution is -2.40. The Bertz CT molecular complexity index is 824. The van der Waals surface area contributed by atoms with Crippen LogP contribution in [0.1, 0.15) is 44.9 Å². The average molecular weight is 410 g/mol. The molecule has 2 aliphatic rings. The highest BCUT2D eigenvalue weighted by Crippen LogP contribution is 2.29. The number of nitrogens with zero attached hydrogens (tertiary/aromatic N) is 3. The van der Waals surface area contributed by atoms with Gasteiger partial charge >= 0.3 is 0 Å². The van der Waals surface area contributed by atoms with Gasteiger partial charge in [0, 0.05) is 24.9 Å². The lowest BCUT2D eigenvalue weighted by Gasteiger charge is -2.26. The van der Waals surface area contributed by atoms with Gasteiger partial charge in [-0.2, -0.15) is 9.41 Å². The molecule has 1 saturated carbocycles. The smallest absolute Gasteiger partial charge is 0.295 e. The molecule has 28 heavy (non-hydrogen) atoms. The van der Waals surface area contributed by atoms with Crippen molar-refractivity contribution in [3.63, 3.8) is 0 Å². The molecule has 0 spiro atoms. The molecule has 1 N–H and O–H groups in total. The van der Waals surface area contributed by atoms with E-state index >= 15 is 0 Å². The van der Waals surface area contributed by atoms with Crippen LogP contribution in [0.3, 0.4) is 0 Å². The fourth-order valence-corrected chi connectivity index (χ4v) is 4.85. The van der Waals surface area contributed by atoms with Crippen molar-refractivity contribution in [2.24, 2.45) is 5.10 Å². The van der Waals surface area contributed by atoms with Gasteiger partial charge in [-0.3, -0.25) is 15.5 Å². The summed E-state index contributed by atoms with van der Waals surface area (Å²) in [4.78, 5) is 10.8. The first-order valence-corrected chi connectivity index (χ1v) is 11.1. The third kappa shape index (κ3) is 5.06. The molecule has 10 heteroatoms. The summed E-state index contributed by atoms with van der Waals surface area (Å²) in [5.41, 5.74) is 3.68. The van der Waals surface area contributed by atoms with Crippen molar-refractivity contribution in [1.29, 1.82) is 0 Å². The van der Waals surface area contributed by atoms with Crippen LogP contribution in [0.4, 0.5) is 11.4 Å². The summed E-state index contributed by atoms with van der Waals surface area (Å²) in [5, 5.41) is 15.9. The Kier molecular flexibility index (Phi) is 6.97. The number of benzene rings is 1. The van der Waals surface area contributed by atoms with E-state index in [1.54, 1.807) is 0 Å². The van der Waals surface area contributed by atoms with Crippen LogP contribution in [0, 0.1) is 10.1 Å². The van der Waals surface area contributed by atoms with Crippen molar-refractivity contribution in [1.82, 2.24) is 4.31 Å². The van der Waals surface area contributed by atoms with Gasteiger partial charge in [-0.05, 0) is 37.8 Å². The van der Waals surface area contributed by atoms with Gasteiger partial charge in [-0.25, -0.2) is 8.42 Å². The molecule has 0 atom stereocenters. The zero-order chi connectivity index (χ0) is 20.0. The van der Waals surface area contributed by atoms with Crippen molar-refractivity contribution < 1.29 is 18.1 Å². The summed E-state index contributed by atoms with van der Waals surface area (Å²) < 4.78 is 32.0. The number of hydrazone groups is 1. The molecule has 0 radical (unpaired) electrons. The van der Waals surface area contributed by atoms with Crippen molar-refractivity contribution in [2.45, 2.75) is 49.8 Å². The fourth-order valence-electron chi connectivity index (χ4n) is 3.42. The minimum Gasteiger partial charge on any atom is -0.379 e. The Hall–Kier alpha value is -2.04. The Morgan fingerprint density at radius 2 is 1.71 bits per heavy atom. The van der Waals surface area contributed by atoms with Gasteiger partial charge in [0.15, 0.2) is 0 Å². The molecule has 1 aliphatic carbocycles. The van der Waals surface area contributed by atoms with Gasteiger partial charge in [0.2, 0.25) is 10.0 Å². The number of hydrogen-bond donors (Lipinski definition) is 1. The topological polar surface area (TPSA) is 114 Å². The van der Waals surface area contributed by atoms with Crippen LogP contribution in [0.25, 0.3) is 0 Å². The molecule has 1 aliphatic heterocycles. The molecule has 2 fully saturated rings. The zero-order valence-corrected chi connectivity index (χ0v) is 16.6. The van der Waals surface area contributed by atoms with E-state index in [1.165, 1.54) is 35.7 Å². The maximum Gasteiger partial charge on any atom is 0.295 e. The van der Waals surface area contributed by atoms with Gasteiger partial charge in [0.1, 0.15) is 5.69 Å². The third-order valence-corrected chi connectivity index (χ3v) is 6.93. The van der Waals surface area contributed by atoms with Crippen LogP contribution in [0.15, 0.2) is 28.2 Å². The minimum atomic E-state index is -3.79. The highest BCUT2D eigenvalue weighted by Gasteiger charge is 2.28. The van der Waals surface area contributed by atoms with E-state index in [9.17, 15) is 18.5 Å². The van der Waals surface area contributed by atoms with Gasteiger partial charge in [-0.1, -0.05) is 19.3 Å². The number of nitrogens with one attached hydrogen (secondary N) is 1. The molecule has 1 aromatic carbocycles. The number of rotatable bonds is 5. The van der Waals surface area contributed by atoms with E-state index in [4.69, 9.17) is 4.74 Å². The Balaban J connectivity index is 1.82. The first kappa shape index (κ1) is 20.7. The normalized spacial score (nSPS) is 19.5. The van der Waals surface area contributed by atoms with Crippen LogP contribution in [0.2, 0.25) is 0 Å². The molecule has 0 bridgehead atoms. The molecule has 1 heterocycles. The molecule has 0 aromatic heterocycles. The highest BCUT2D eigenvalue weighted by atomic mass is 32.2. The first-order chi connectivity index (χ1) is 13.5. The lowest BCUT2D eigenvalue weighted by atomic mass is 9.99. The van der Waals surface area contributed by atoms with Crippen LogP contribution >= 0.6 is 0 Å². The molecular formula is C18H26N4O5S. The molecular weight excluding hydrogens is 384 g/mol. The fraction of sp³-hybridized carbons (Fsp3) is 0.611. The van der Waals surface area contributed by atoms with Crippen molar-refractivity contribution in [3.8, 4) is 0 Å². The second-order valence-corrected chi connectivity index (χ2v) is 8.95.